The van der Waals surface area contributed by atoms with Gasteiger partial charge in [-0.05, 0) is 41.5 Å². The van der Waals surface area contributed by atoms with Crippen molar-refractivity contribution in [1.82, 2.24) is 0 Å². The van der Waals surface area contributed by atoms with Gasteiger partial charge in [0.2, 0.25) is 0 Å². The van der Waals surface area contributed by atoms with Crippen LogP contribution in [0.1, 0.15) is 15.9 Å². The van der Waals surface area contributed by atoms with Gasteiger partial charge in [0.05, 0.1) is 5.56 Å². The number of fused-ring (bicyclic) bond motifs is 3. The molecule has 1 N–H and O–H groups in total. The van der Waals surface area contributed by atoms with Crippen molar-refractivity contribution >= 4 is 28.0 Å². The minimum Gasteiger partial charge on any atom is -0.507 e. The number of aromatic hydroxyl groups is 1. The maximum Gasteiger partial charge on any atom is 0.336 e. The summed E-state index contributed by atoms with van der Waals surface area (Å²) in [6.45, 7) is 1.81. The molecule has 0 amide bonds. The van der Waals surface area contributed by atoms with Crippen molar-refractivity contribution < 1.29 is 14.3 Å². The summed E-state index contributed by atoms with van der Waals surface area (Å²) in [7, 11) is 0. The van der Waals surface area contributed by atoms with E-state index in [0.29, 0.717) is 11.9 Å². The lowest BCUT2D eigenvalue weighted by Gasteiger charge is -2.07. The Morgan fingerprint density at radius 3 is 2.74 bits per heavy atom. The molecule has 0 radical (unpaired) electrons. The minimum absolute atomic E-state index is 0.0828. The summed E-state index contributed by atoms with van der Waals surface area (Å²) in [4.78, 5) is 22.2. The van der Waals surface area contributed by atoms with Gasteiger partial charge in [0.25, 0.3) is 0 Å². The second-order valence-corrected chi connectivity index (χ2v) is 4.44. The molecule has 4 heteroatoms. The molecule has 0 saturated carbocycles. The van der Waals surface area contributed by atoms with Crippen LogP contribution in [0.4, 0.5) is 0 Å². The first kappa shape index (κ1) is 11.5. The van der Waals surface area contributed by atoms with Crippen LogP contribution in [-0.2, 0) is 0 Å². The van der Waals surface area contributed by atoms with E-state index in [-0.39, 0.29) is 11.3 Å². The topological polar surface area (TPSA) is 67.5 Å². The molecule has 0 aliphatic rings. The molecule has 0 fully saturated rings. The fourth-order valence-corrected chi connectivity index (χ4v) is 2.33. The molecule has 0 aliphatic heterocycles. The Morgan fingerprint density at radius 2 is 2.00 bits per heavy atom. The second-order valence-electron chi connectivity index (χ2n) is 4.44. The standard InChI is InChI=1S/C15H10O4/c1-8-4-14(18)19-13-3-2-9-5-10(7-16)12(17)6-11(9)15(8)13/h2-7,17H,1H3. The predicted octanol–water partition coefficient (Wildman–Crippen LogP) is 2.77. The lowest BCUT2D eigenvalue weighted by Crippen LogP contribution is -1.98. The summed E-state index contributed by atoms with van der Waals surface area (Å²) in [5, 5.41) is 12.1. The van der Waals surface area contributed by atoms with Crippen LogP contribution in [0.5, 0.6) is 5.75 Å². The first-order valence-corrected chi connectivity index (χ1v) is 5.75. The fourth-order valence-electron chi connectivity index (χ4n) is 2.33. The molecule has 0 aliphatic carbocycles. The van der Waals surface area contributed by atoms with Crippen molar-refractivity contribution in [2.45, 2.75) is 6.92 Å². The summed E-state index contributed by atoms with van der Waals surface area (Å²) < 4.78 is 5.14. The normalized spacial score (nSPS) is 11.0. The summed E-state index contributed by atoms with van der Waals surface area (Å²) in [6, 6.07) is 7.99. The summed E-state index contributed by atoms with van der Waals surface area (Å²) in [5.41, 5.74) is 1.07. The van der Waals surface area contributed by atoms with Crippen LogP contribution in [-0.4, -0.2) is 11.4 Å². The number of phenolic OH excluding ortho intramolecular Hbond substituents is 1. The maximum atomic E-state index is 11.3. The Bertz CT molecular complexity index is 875. The SMILES string of the molecule is Cc1cc(=O)oc2ccc3cc(C=O)c(O)cc3c12. The van der Waals surface area contributed by atoms with E-state index in [1.54, 1.807) is 18.2 Å². The van der Waals surface area contributed by atoms with Gasteiger partial charge in [-0.25, -0.2) is 4.79 Å². The van der Waals surface area contributed by atoms with Crippen LogP contribution < -0.4 is 5.63 Å². The van der Waals surface area contributed by atoms with E-state index in [1.807, 2.05) is 6.92 Å². The summed E-state index contributed by atoms with van der Waals surface area (Å²) in [6.07, 6.45) is 0.608. The molecule has 0 bridgehead atoms. The van der Waals surface area contributed by atoms with Crippen molar-refractivity contribution in [3.63, 3.8) is 0 Å². The van der Waals surface area contributed by atoms with Gasteiger partial charge in [0.15, 0.2) is 6.29 Å². The van der Waals surface area contributed by atoms with Crippen LogP contribution in [0.2, 0.25) is 0 Å². The number of carbonyl (C=O) groups excluding carboxylic acids is 1. The lowest BCUT2D eigenvalue weighted by atomic mass is 10.00. The fraction of sp³-hybridized carbons (Fsp3) is 0.0667. The number of hydrogen-bond acceptors (Lipinski definition) is 4. The zero-order chi connectivity index (χ0) is 13.6. The molecule has 1 aromatic heterocycles. The third kappa shape index (κ3) is 1.69. The molecule has 1 heterocycles. The Morgan fingerprint density at radius 1 is 1.21 bits per heavy atom. The number of aldehydes is 1. The molecule has 0 spiro atoms. The minimum atomic E-state index is -0.405. The first-order valence-electron chi connectivity index (χ1n) is 5.75. The van der Waals surface area contributed by atoms with Crippen LogP contribution in [0.15, 0.2) is 39.5 Å². The number of carbonyl (C=O) groups is 1. The van der Waals surface area contributed by atoms with Crippen LogP contribution in [0.25, 0.3) is 21.7 Å². The van der Waals surface area contributed by atoms with E-state index in [9.17, 15) is 14.7 Å². The van der Waals surface area contributed by atoms with Gasteiger partial charge in [0, 0.05) is 11.5 Å². The predicted molar refractivity (Wildman–Crippen MR) is 71.8 cm³/mol. The number of phenols is 1. The highest BCUT2D eigenvalue weighted by Gasteiger charge is 2.10. The van der Waals surface area contributed by atoms with E-state index in [4.69, 9.17) is 4.42 Å². The van der Waals surface area contributed by atoms with Crippen LogP contribution in [0.3, 0.4) is 0 Å². The van der Waals surface area contributed by atoms with E-state index in [2.05, 4.69) is 0 Å². The monoisotopic (exact) mass is 254 g/mol. The van der Waals surface area contributed by atoms with Crippen molar-refractivity contribution in [2.75, 3.05) is 0 Å². The van der Waals surface area contributed by atoms with Gasteiger partial charge in [-0.1, -0.05) is 6.07 Å². The number of rotatable bonds is 1. The van der Waals surface area contributed by atoms with Gasteiger partial charge in [-0.2, -0.15) is 0 Å². The molecule has 2 aromatic carbocycles. The zero-order valence-corrected chi connectivity index (χ0v) is 10.1. The summed E-state index contributed by atoms with van der Waals surface area (Å²) >= 11 is 0. The largest absolute Gasteiger partial charge is 0.507 e. The Hall–Kier alpha value is -2.62. The molecule has 0 saturated heterocycles. The number of hydrogen-bond donors (Lipinski definition) is 1. The molecular formula is C15H10O4. The molecule has 94 valence electrons. The molecule has 3 rings (SSSR count). The molecule has 19 heavy (non-hydrogen) atoms. The van der Waals surface area contributed by atoms with Gasteiger partial charge >= 0.3 is 5.63 Å². The third-order valence-corrected chi connectivity index (χ3v) is 3.20. The Balaban J connectivity index is 2.56. The van der Waals surface area contributed by atoms with Crippen molar-refractivity contribution in [3.05, 3.63) is 51.9 Å². The van der Waals surface area contributed by atoms with Gasteiger partial charge in [0.1, 0.15) is 11.3 Å². The molecule has 4 nitrogen and oxygen atoms in total. The van der Waals surface area contributed by atoms with Crippen LogP contribution >= 0.6 is 0 Å². The first-order chi connectivity index (χ1) is 9.10. The van der Waals surface area contributed by atoms with Crippen LogP contribution in [0, 0.1) is 6.92 Å². The van der Waals surface area contributed by atoms with Crippen molar-refractivity contribution in [2.24, 2.45) is 0 Å². The van der Waals surface area contributed by atoms with Crippen molar-refractivity contribution in [3.8, 4) is 5.75 Å². The zero-order valence-electron chi connectivity index (χ0n) is 10.1. The van der Waals surface area contributed by atoms with E-state index < -0.39 is 5.63 Å². The molecule has 0 unspecified atom stereocenters. The third-order valence-electron chi connectivity index (χ3n) is 3.20. The average molecular weight is 254 g/mol. The quantitative estimate of drug-likeness (QED) is 0.412. The second kappa shape index (κ2) is 3.95. The number of aryl methyl sites for hydroxylation is 1. The Labute approximate surface area is 107 Å². The van der Waals surface area contributed by atoms with E-state index in [0.717, 1.165) is 21.7 Å². The van der Waals surface area contributed by atoms with Gasteiger partial charge in [-0.15, -0.1) is 0 Å². The van der Waals surface area contributed by atoms with E-state index in [1.165, 1.54) is 12.1 Å². The highest BCUT2D eigenvalue weighted by Crippen LogP contribution is 2.31. The molecular weight excluding hydrogens is 244 g/mol. The van der Waals surface area contributed by atoms with E-state index >= 15 is 0 Å². The highest BCUT2D eigenvalue weighted by molar-refractivity contribution is 6.09. The van der Waals surface area contributed by atoms with Crippen molar-refractivity contribution in [1.29, 1.82) is 0 Å². The maximum absolute atomic E-state index is 11.3. The lowest BCUT2D eigenvalue weighted by molar-refractivity contribution is 0.112. The smallest absolute Gasteiger partial charge is 0.336 e. The molecule has 3 aromatic rings. The average Bonchev–Trinajstić information content (AvgIpc) is 2.37. The summed E-state index contributed by atoms with van der Waals surface area (Å²) in [5.74, 6) is -0.0828. The Kier molecular flexibility index (Phi) is 2.38. The molecule has 0 atom stereocenters. The van der Waals surface area contributed by atoms with Gasteiger partial charge in [-0.3, -0.25) is 4.79 Å². The highest BCUT2D eigenvalue weighted by atomic mass is 16.4. The van der Waals surface area contributed by atoms with Gasteiger partial charge < -0.3 is 9.52 Å². The number of benzene rings is 2.